The van der Waals surface area contributed by atoms with Gasteiger partial charge in [-0.05, 0) is 68.0 Å². The standard InChI is InChI=1S/C17H18OS/c1-12-6-8-14(9-7-12)19-15-10-13-4-2-3-5-16(13)17(18)11-15/h6-11,18H,2-5H2,1H3. The molecule has 19 heavy (non-hydrogen) atoms. The third kappa shape index (κ3) is 2.79. The first-order valence-electron chi connectivity index (χ1n) is 6.82. The fraction of sp³-hybridized carbons (Fsp3) is 0.294. The molecule has 0 aliphatic heterocycles. The van der Waals surface area contributed by atoms with Gasteiger partial charge in [-0.1, -0.05) is 29.5 Å². The number of aromatic hydroxyl groups is 1. The number of rotatable bonds is 2. The van der Waals surface area contributed by atoms with Crippen LogP contribution in [0.4, 0.5) is 0 Å². The molecule has 0 radical (unpaired) electrons. The van der Waals surface area contributed by atoms with Gasteiger partial charge < -0.3 is 5.11 Å². The molecule has 0 aromatic heterocycles. The summed E-state index contributed by atoms with van der Waals surface area (Å²) in [5.74, 6) is 0.479. The Morgan fingerprint density at radius 1 is 0.947 bits per heavy atom. The van der Waals surface area contributed by atoms with Gasteiger partial charge in [-0.25, -0.2) is 0 Å². The molecule has 1 aliphatic carbocycles. The minimum absolute atomic E-state index is 0.479. The molecule has 0 saturated carbocycles. The first kappa shape index (κ1) is 12.6. The molecule has 0 atom stereocenters. The number of phenols is 1. The van der Waals surface area contributed by atoms with Crippen molar-refractivity contribution in [1.82, 2.24) is 0 Å². The normalized spacial score (nSPS) is 14.2. The van der Waals surface area contributed by atoms with Crippen molar-refractivity contribution in [3.05, 3.63) is 53.1 Å². The highest BCUT2D eigenvalue weighted by atomic mass is 32.2. The summed E-state index contributed by atoms with van der Waals surface area (Å²) in [5, 5.41) is 10.1. The lowest BCUT2D eigenvalue weighted by atomic mass is 9.91. The molecule has 1 nitrogen and oxygen atoms in total. The van der Waals surface area contributed by atoms with E-state index in [4.69, 9.17) is 0 Å². The minimum atomic E-state index is 0.479. The maximum Gasteiger partial charge on any atom is 0.120 e. The molecular weight excluding hydrogens is 252 g/mol. The van der Waals surface area contributed by atoms with E-state index in [2.05, 4.69) is 37.3 Å². The molecule has 1 N–H and O–H groups in total. The molecule has 2 aromatic carbocycles. The van der Waals surface area contributed by atoms with Crippen LogP contribution in [0.25, 0.3) is 0 Å². The first-order valence-corrected chi connectivity index (χ1v) is 7.63. The number of aryl methyl sites for hydroxylation is 2. The fourth-order valence-electron chi connectivity index (χ4n) is 2.62. The van der Waals surface area contributed by atoms with Crippen LogP contribution in [0.3, 0.4) is 0 Å². The maximum atomic E-state index is 10.1. The Morgan fingerprint density at radius 3 is 2.47 bits per heavy atom. The van der Waals surface area contributed by atoms with Crippen LogP contribution in [-0.2, 0) is 12.8 Å². The molecular formula is C17H18OS. The van der Waals surface area contributed by atoms with Crippen LogP contribution in [0.2, 0.25) is 0 Å². The summed E-state index contributed by atoms with van der Waals surface area (Å²) < 4.78 is 0. The number of benzene rings is 2. The average Bonchev–Trinajstić information content (AvgIpc) is 2.42. The zero-order valence-corrected chi connectivity index (χ0v) is 12.0. The topological polar surface area (TPSA) is 20.2 Å². The highest BCUT2D eigenvalue weighted by molar-refractivity contribution is 7.99. The summed E-state index contributed by atoms with van der Waals surface area (Å²) in [6, 6.07) is 12.7. The van der Waals surface area contributed by atoms with Gasteiger partial charge in [0.1, 0.15) is 5.75 Å². The molecule has 0 amide bonds. The predicted octanol–water partition coefficient (Wildman–Crippen LogP) is 4.73. The molecule has 1 aliphatic rings. The second kappa shape index (κ2) is 5.30. The predicted molar refractivity (Wildman–Crippen MR) is 80.1 cm³/mol. The van der Waals surface area contributed by atoms with E-state index in [0.29, 0.717) is 5.75 Å². The van der Waals surface area contributed by atoms with Crippen molar-refractivity contribution in [1.29, 1.82) is 0 Å². The molecule has 98 valence electrons. The van der Waals surface area contributed by atoms with Crippen molar-refractivity contribution in [2.24, 2.45) is 0 Å². The lowest BCUT2D eigenvalue weighted by Crippen LogP contribution is -2.02. The van der Waals surface area contributed by atoms with Crippen molar-refractivity contribution in [3.8, 4) is 5.75 Å². The molecule has 3 rings (SSSR count). The van der Waals surface area contributed by atoms with E-state index >= 15 is 0 Å². The quantitative estimate of drug-likeness (QED) is 0.851. The molecule has 0 fully saturated rings. The Kier molecular flexibility index (Phi) is 3.52. The van der Waals surface area contributed by atoms with E-state index in [1.165, 1.54) is 34.4 Å². The van der Waals surface area contributed by atoms with Crippen molar-refractivity contribution >= 4 is 11.8 Å². The highest BCUT2D eigenvalue weighted by Gasteiger charge is 2.14. The fourth-order valence-corrected chi connectivity index (χ4v) is 3.53. The number of fused-ring (bicyclic) bond motifs is 1. The van der Waals surface area contributed by atoms with Gasteiger partial charge in [-0.3, -0.25) is 0 Å². The Balaban J connectivity index is 1.89. The van der Waals surface area contributed by atoms with Gasteiger partial charge in [0.05, 0.1) is 0 Å². The molecule has 2 aromatic rings. The number of phenolic OH excluding ortho intramolecular Hbond substituents is 1. The van der Waals surface area contributed by atoms with Crippen LogP contribution in [0.1, 0.15) is 29.5 Å². The highest BCUT2D eigenvalue weighted by Crippen LogP contribution is 2.36. The van der Waals surface area contributed by atoms with Crippen LogP contribution < -0.4 is 0 Å². The van der Waals surface area contributed by atoms with Crippen molar-refractivity contribution in [2.45, 2.75) is 42.4 Å². The largest absolute Gasteiger partial charge is 0.508 e. The lowest BCUT2D eigenvalue weighted by molar-refractivity contribution is 0.460. The molecule has 0 unspecified atom stereocenters. The SMILES string of the molecule is Cc1ccc(Sc2cc(O)c3c(c2)CCCC3)cc1. The third-order valence-corrected chi connectivity index (χ3v) is 4.65. The second-order valence-electron chi connectivity index (χ2n) is 5.20. The van der Waals surface area contributed by atoms with E-state index in [9.17, 15) is 5.11 Å². The van der Waals surface area contributed by atoms with E-state index in [0.717, 1.165) is 17.7 Å². The van der Waals surface area contributed by atoms with E-state index in [1.54, 1.807) is 11.8 Å². The summed E-state index contributed by atoms with van der Waals surface area (Å²) >= 11 is 1.72. The molecule has 0 heterocycles. The van der Waals surface area contributed by atoms with Crippen molar-refractivity contribution < 1.29 is 5.11 Å². The van der Waals surface area contributed by atoms with Crippen molar-refractivity contribution in [2.75, 3.05) is 0 Å². The maximum absolute atomic E-state index is 10.1. The van der Waals surface area contributed by atoms with Crippen molar-refractivity contribution in [3.63, 3.8) is 0 Å². The summed E-state index contributed by atoms with van der Waals surface area (Å²) in [4.78, 5) is 2.36. The lowest BCUT2D eigenvalue weighted by Gasteiger charge is -2.18. The molecule has 0 spiro atoms. The Labute approximate surface area is 118 Å². The van der Waals surface area contributed by atoms with Crippen LogP contribution in [0, 0.1) is 6.92 Å². The van der Waals surface area contributed by atoms with Gasteiger partial charge in [-0.2, -0.15) is 0 Å². The van der Waals surface area contributed by atoms with Crippen LogP contribution in [0.15, 0.2) is 46.2 Å². The van der Waals surface area contributed by atoms with E-state index < -0.39 is 0 Å². The summed E-state index contributed by atoms with van der Waals surface area (Å²) in [6.07, 6.45) is 4.57. The van der Waals surface area contributed by atoms with Gasteiger partial charge >= 0.3 is 0 Å². The van der Waals surface area contributed by atoms with Gasteiger partial charge in [0.25, 0.3) is 0 Å². The Bertz CT molecular complexity index is 587. The summed E-state index contributed by atoms with van der Waals surface area (Å²) in [7, 11) is 0. The Hall–Kier alpha value is -1.41. The first-order chi connectivity index (χ1) is 9.22. The zero-order chi connectivity index (χ0) is 13.2. The summed E-state index contributed by atoms with van der Waals surface area (Å²) in [5.41, 5.74) is 3.78. The van der Waals surface area contributed by atoms with Crippen LogP contribution in [0.5, 0.6) is 5.75 Å². The number of hydrogen-bond acceptors (Lipinski definition) is 2. The van der Waals surface area contributed by atoms with Gasteiger partial charge in [0.15, 0.2) is 0 Å². The van der Waals surface area contributed by atoms with Crippen LogP contribution in [-0.4, -0.2) is 5.11 Å². The molecule has 0 bridgehead atoms. The van der Waals surface area contributed by atoms with Gasteiger partial charge in [-0.15, -0.1) is 0 Å². The molecule has 0 saturated heterocycles. The van der Waals surface area contributed by atoms with E-state index in [1.807, 2.05) is 6.07 Å². The van der Waals surface area contributed by atoms with Crippen LogP contribution >= 0.6 is 11.8 Å². The minimum Gasteiger partial charge on any atom is -0.508 e. The average molecular weight is 270 g/mol. The number of hydrogen-bond donors (Lipinski definition) is 1. The van der Waals surface area contributed by atoms with E-state index in [-0.39, 0.29) is 0 Å². The van der Waals surface area contributed by atoms with Gasteiger partial charge in [0, 0.05) is 9.79 Å². The Morgan fingerprint density at radius 2 is 1.68 bits per heavy atom. The van der Waals surface area contributed by atoms with Gasteiger partial charge in [0.2, 0.25) is 0 Å². The zero-order valence-electron chi connectivity index (χ0n) is 11.1. The second-order valence-corrected chi connectivity index (χ2v) is 6.35. The molecule has 2 heteroatoms. The smallest absolute Gasteiger partial charge is 0.120 e. The monoisotopic (exact) mass is 270 g/mol. The third-order valence-electron chi connectivity index (χ3n) is 3.67. The summed E-state index contributed by atoms with van der Waals surface area (Å²) in [6.45, 7) is 2.10.